The number of ether oxygens (including phenoxy) is 3. The molecule has 0 spiro atoms. The van der Waals surface area contributed by atoms with Crippen LogP contribution in [0.3, 0.4) is 0 Å². The minimum absolute atomic E-state index is 0.251. The van der Waals surface area contributed by atoms with Crippen LogP contribution in [0.1, 0.15) is 24.8 Å². The molecule has 1 aliphatic carbocycles. The fourth-order valence-electron chi connectivity index (χ4n) is 4.32. The molecule has 0 aromatic heterocycles. The first kappa shape index (κ1) is 16.9. The summed E-state index contributed by atoms with van der Waals surface area (Å²) in [6.07, 6.45) is 2.81. The molecule has 1 saturated heterocycles. The average Bonchev–Trinajstić information content (AvgIpc) is 3.12. The summed E-state index contributed by atoms with van der Waals surface area (Å²) in [7, 11) is 4.82. The summed E-state index contributed by atoms with van der Waals surface area (Å²) in [6.45, 7) is 2.07. The second-order valence-corrected chi connectivity index (χ2v) is 6.74. The third-order valence-electron chi connectivity index (χ3n) is 5.55. The van der Waals surface area contributed by atoms with Crippen LogP contribution in [0.4, 0.5) is 0 Å². The molecule has 132 valence electrons. The lowest BCUT2D eigenvalue weighted by atomic mass is 9.81. The first-order valence-corrected chi connectivity index (χ1v) is 8.28. The molecule has 1 aromatic carbocycles. The van der Waals surface area contributed by atoms with E-state index in [1.54, 1.807) is 21.3 Å². The molecule has 2 fully saturated rings. The molecule has 6 nitrogen and oxygen atoms in total. The lowest BCUT2D eigenvalue weighted by molar-refractivity contribution is -0.149. The van der Waals surface area contributed by atoms with Crippen LogP contribution in [0, 0.1) is 11.3 Å². The van der Waals surface area contributed by atoms with Crippen molar-refractivity contribution in [2.24, 2.45) is 11.3 Å². The van der Waals surface area contributed by atoms with Gasteiger partial charge >= 0.3 is 5.97 Å². The molecular formula is C18H25NO5. The van der Waals surface area contributed by atoms with Crippen molar-refractivity contribution in [3.8, 4) is 17.2 Å². The second kappa shape index (κ2) is 6.51. The predicted octanol–water partition coefficient (Wildman–Crippen LogP) is 2.40. The minimum Gasteiger partial charge on any atom is -0.496 e. The van der Waals surface area contributed by atoms with Crippen molar-refractivity contribution in [1.82, 2.24) is 4.90 Å². The molecule has 0 amide bonds. The Balaban J connectivity index is 1.83. The molecule has 1 N–H and O–H groups in total. The van der Waals surface area contributed by atoms with Gasteiger partial charge in [-0.15, -0.1) is 0 Å². The van der Waals surface area contributed by atoms with Crippen molar-refractivity contribution in [3.63, 3.8) is 0 Å². The zero-order valence-corrected chi connectivity index (χ0v) is 14.5. The maximum absolute atomic E-state index is 11.8. The van der Waals surface area contributed by atoms with E-state index >= 15 is 0 Å². The monoisotopic (exact) mass is 335 g/mol. The van der Waals surface area contributed by atoms with Crippen LogP contribution in [-0.2, 0) is 11.3 Å². The van der Waals surface area contributed by atoms with E-state index in [4.69, 9.17) is 14.2 Å². The number of benzene rings is 1. The average molecular weight is 335 g/mol. The van der Waals surface area contributed by atoms with Crippen LogP contribution < -0.4 is 14.2 Å². The molecule has 1 saturated carbocycles. The van der Waals surface area contributed by atoms with E-state index in [9.17, 15) is 9.90 Å². The molecule has 1 aromatic rings. The summed E-state index contributed by atoms with van der Waals surface area (Å²) in [5.41, 5.74) is 0.416. The van der Waals surface area contributed by atoms with Crippen molar-refractivity contribution in [3.05, 3.63) is 17.7 Å². The summed E-state index contributed by atoms with van der Waals surface area (Å²) in [6, 6.07) is 3.73. The van der Waals surface area contributed by atoms with Crippen LogP contribution in [0.15, 0.2) is 12.1 Å². The Hall–Kier alpha value is -1.95. The van der Waals surface area contributed by atoms with Gasteiger partial charge in [0.2, 0.25) is 0 Å². The molecule has 24 heavy (non-hydrogen) atoms. The standard InChI is InChI=1S/C18H25NO5/c1-22-14-8-16(24-3)15(23-2)7-12(14)9-19-10-13-5-4-6-18(13,11-19)17(20)21/h7-8,13H,4-6,9-11H2,1-3H3,(H,20,21)/t13-,18+/m0/s1. The van der Waals surface area contributed by atoms with E-state index in [2.05, 4.69) is 4.90 Å². The highest BCUT2D eigenvalue weighted by Crippen LogP contribution is 2.49. The normalized spacial score (nSPS) is 26.2. The Morgan fingerprint density at radius 2 is 1.88 bits per heavy atom. The van der Waals surface area contributed by atoms with Crippen LogP contribution in [0.5, 0.6) is 17.2 Å². The van der Waals surface area contributed by atoms with E-state index in [-0.39, 0.29) is 5.92 Å². The van der Waals surface area contributed by atoms with Crippen molar-refractivity contribution in [1.29, 1.82) is 0 Å². The Bertz CT molecular complexity index is 632. The number of nitrogens with zero attached hydrogens (tertiary/aromatic N) is 1. The Morgan fingerprint density at radius 1 is 1.21 bits per heavy atom. The fourth-order valence-corrected chi connectivity index (χ4v) is 4.32. The molecule has 1 heterocycles. The molecule has 6 heteroatoms. The quantitative estimate of drug-likeness (QED) is 0.861. The fraction of sp³-hybridized carbons (Fsp3) is 0.611. The number of fused-ring (bicyclic) bond motifs is 1. The summed E-state index contributed by atoms with van der Waals surface area (Å²) in [4.78, 5) is 14.0. The number of hydrogen-bond acceptors (Lipinski definition) is 5. The van der Waals surface area contributed by atoms with Crippen LogP contribution >= 0.6 is 0 Å². The second-order valence-electron chi connectivity index (χ2n) is 6.74. The number of carbonyl (C=O) groups is 1. The highest BCUT2D eigenvalue weighted by molar-refractivity contribution is 5.76. The van der Waals surface area contributed by atoms with E-state index in [0.717, 1.165) is 37.1 Å². The Labute approximate surface area is 142 Å². The van der Waals surface area contributed by atoms with Gasteiger partial charge < -0.3 is 19.3 Å². The van der Waals surface area contributed by atoms with Crippen LogP contribution in [0.25, 0.3) is 0 Å². The number of rotatable bonds is 6. The van der Waals surface area contributed by atoms with Gasteiger partial charge in [0, 0.05) is 31.3 Å². The first-order valence-electron chi connectivity index (χ1n) is 8.28. The Morgan fingerprint density at radius 3 is 2.46 bits per heavy atom. The topological polar surface area (TPSA) is 68.2 Å². The summed E-state index contributed by atoms with van der Waals surface area (Å²) >= 11 is 0. The van der Waals surface area contributed by atoms with Crippen molar-refractivity contribution in [2.45, 2.75) is 25.8 Å². The van der Waals surface area contributed by atoms with Gasteiger partial charge in [0.05, 0.1) is 26.7 Å². The Kier molecular flexibility index (Phi) is 4.58. The molecule has 3 rings (SSSR count). The first-order chi connectivity index (χ1) is 11.5. The molecule has 0 radical (unpaired) electrons. The van der Waals surface area contributed by atoms with E-state index in [1.165, 1.54) is 0 Å². The SMILES string of the molecule is COc1cc(OC)c(OC)cc1CN1C[C@@H]2CCC[C@@]2(C(=O)O)C1. The summed E-state index contributed by atoms with van der Waals surface area (Å²) in [5, 5.41) is 9.72. The molecule has 1 aliphatic heterocycles. The van der Waals surface area contributed by atoms with Gasteiger partial charge in [-0.3, -0.25) is 9.69 Å². The summed E-state index contributed by atoms with van der Waals surface area (Å²) in [5.74, 6) is 1.61. The number of hydrogen-bond donors (Lipinski definition) is 1. The highest BCUT2D eigenvalue weighted by Gasteiger charge is 2.54. The van der Waals surface area contributed by atoms with Crippen LogP contribution in [-0.4, -0.2) is 50.4 Å². The third-order valence-corrected chi connectivity index (χ3v) is 5.55. The maximum atomic E-state index is 11.8. The number of methoxy groups -OCH3 is 3. The number of aliphatic carboxylic acids is 1. The maximum Gasteiger partial charge on any atom is 0.311 e. The van der Waals surface area contributed by atoms with Crippen molar-refractivity contribution < 1.29 is 24.1 Å². The highest BCUT2D eigenvalue weighted by atomic mass is 16.5. The number of carboxylic acid groups (broad SMARTS) is 1. The van der Waals surface area contributed by atoms with Gasteiger partial charge in [-0.25, -0.2) is 0 Å². The van der Waals surface area contributed by atoms with Crippen molar-refractivity contribution >= 4 is 5.97 Å². The molecule has 2 atom stereocenters. The lowest BCUT2D eigenvalue weighted by Crippen LogP contribution is -2.35. The minimum atomic E-state index is -0.647. The molecular weight excluding hydrogens is 310 g/mol. The van der Waals surface area contributed by atoms with Gasteiger partial charge in [0.15, 0.2) is 11.5 Å². The molecule has 2 aliphatic rings. The van der Waals surface area contributed by atoms with Crippen LogP contribution in [0.2, 0.25) is 0 Å². The number of carboxylic acids is 1. The molecule has 0 unspecified atom stereocenters. The van der Waals surface area contributed by atoms with Crippen molar-refractivity contribution in [2.75, 3.05) is 34.4 Å². The third kappa shape index (κ3) is 2.69. The summed E-state index contributed by atoms with van der Waals surface area (Å²) < 4.78 is 16.2. The van der Waals surface area contributed by atoms with Gasteiger partial charge in [0.25, 0.3) is 0 Å². The predicted molar refractivity (Wildman–Crippen MR) is 88.8 cm³/mol. The zero-order valence-electron chi connectivity index (χ0n) is 14.5. The van der Waals surface area contributed by atoms with E-state index < -0.39 is 11.4 Å². The zero-order chi connectivity index (χ0) is 17.3. The molecule has 0 bridgehead atoms. The number of likely N-dealkylation sites (tertiary alicyclic amines) is 1. The van der Waals surface area contributed by atoms with Gasteiger partial charge in [-0.2, -0.15) is 0 Å². The van der Waals surface area contributed by atoms with Gasteiger partial charge in [-0.05, 0) is 24.8 Å². The largest absolute Gasteiger partial charge is 0.496 e. The lowest BCUT2D eigenvalue weighted by Gasteiger charge is -2.24. The van der Waals surface area contributed by atoms with Gasteiger partial charge in [-0.1, -0.05) is 6.42 Å². The van der Waals surface area contributed by atoms with E-state index in [1.807, 2.05) is 12.1 Å². The van der Waals surface area contributed by atoms with Gasteiger partial charge in [0.1, 0.15) is 5.75 Å². The smallest absolute Gasteiger partial charge is 0.311 e. The van der Waals surface area contributed by atoms with E-state index in [0.29, 0.717) is 24.6 Å².